The molecule has 0 aromatic heterocycles. The van der Waals surface area contributed by atoms with Crippen molar-refractivity contribution in [1.29, 1.82) is 0 Å². The summed E-state index contributed by atoms with van der Waals surface area (Å²) in [4.78, 5) is 13.6. The second-order valence-electron chi connectivity index (χ2n) is 5.13. The lowest BCUT2D eigenvalue weighted by molar-refractivity contribution is -0.197. The largest absolute Gasteiger partial charge is 0.448 e. The van der Waals surface area contributed by atoms with Gasteiger partial charge in [0.25, 0.3) is 10.1 Å². The van der Waals surface area contributed by atoms with Crippen LogP contribution in [0.15, 0.2) is 18.2 Å². The Kier molecular flexibility index (Phi) is 6.29. The van der Waals surface area contributed by atoms with E-state index in [1.165, 1.54) is 18.2 Å². The van der Waals surface area contributed by atoms with Gasteiger partial charge in [0.2, 0.25) is 6.10 Å². The van der Waals surface area contributed by atoms with Gasteiger partial charge in [0.1, 0.15) is 5.75 Å². The number of benzene rings is 1. The summed E-state index contributed by atoms with van der Waals surface area (Å²) in [7, 11) is 3.99. The van der Waals surface area contributed by atoms with E-state index in [0.717, 1.165) is 0 Å². The molecule has 0 saturated carbocycles. The van der Waals surface area contributed by atoms with Crippen molar-refractivity contribution in [2.45, 2.75) is 18.6 Å². The monoisotopic (exact) mass is 365 g/mol. The minimum absolute atomic E-state index is 0.0301. The third kappa shape index (κ3) is 5.71. The first-order chi connectivity index (χ1) is 10.8. The van der Waals surface area contributed by atoms with Gasteiger partial charge in [-0.2, -0.15) is 21.6 Å². The van der Waals surface area contributed by atoms with Gasteiger partial charge < -0.3 is 9.64 Å². The number of halogens is 3. The first-order valence-corrected chi connectivity index (χ1v) is 8.19. The molecular weight excluding hydrogens is 350 g/mol. The van der Waals surface area contributed by atoms with Crippen molar-refractivity contribution in [3.63, 3.8) is 0 Å². The predicted molar refractivity (Wildman–Crippen MR) is 81.9 cm³/mol. The highest BCUT2D eigenvalue weighted by Gasteiger charge is 2.45. The Bertz CT molecular complexity index is 706. The van der Waals surface area contributed by atoms with Crippen LogP contribution in [0.25, 0.3) is 0 Å². The number of alkyl halides is 3. The van der Waals surface area contributed by atoms with Gasteiger partial charge in [-0.1, -0.05) is 6.32 Å². The molecule has 11 heteroatoms. The standard InChI is InChI=1S/C13H15BF3NO5S/c1-18(2)10-4-3-8(5-9(10)6-14)12(19)23-11(13(15,16)17)7-24(20,21)22/h3-5,11H,6-7H2,1-2H3,(H,20,21,22). The average Bonchev–Trinajstić information content (AvgIpc) is 2.43. The van der Waals surface area contributed by atoms with Crippen molar-refractivity contribution in [2.75, 3.05) is 24.7 Å². The summed E-state index contributed by atoms with van der Waals surface area (Å²) < 4.78 is 72.4. The summed E-state index contributed by atoms with van der Waals surface area (Å²) in [5.41, 5.74) is 0.942. The summed E-state index contributed by atoms with van der Waals surface area (Å²) >= 11 is 0. The average molecular weight is 365 g/mol. The van der Waals surface area contributed by atoms with Crippen LogP contribution in [-0.2, 0) is 21.2 Å². The zero-order chi connectivity index (χ0) is 18.7. The minimum Gasteiger partial charge on any atom is -0.448 e. The third-order valence-corrected chi connectivity index (χ3v) is 3.72. The minimum atomic E-state index is -5.15. The first kappa shape index (κ1) is 20.3. The summed E-state index contributed by atoms with van der Waals surface area (Å²) in [6.07, 6.45) is -8.09. The van der Waals surface area contributed by atoms with Crippen LogP contribution >= 0.6 is 0 Å². The summed E-state index contributed by atoms with van der Waals surface area (Å²) in [5, 5.41) is 0. The Hall–Kier alpha value is -1.75. The summed E-state index contributed by atoms with van der Waals surface area (Å²) in [5.74, 6) is -3.15. The van der Waals surface area contributed by atoms with E-state index in [0.29, 0.717) is 11.3 Å². The van der Waals surface area contributed by atoms with Gasteiger partial charge in [0.05, 0.1) is 13.4 Å². The van der Waals surface area contributed by atoms with Crippen LogP contribution < -0.4 is 4.90 Å². The molecule has 6 nitrogen and oxygen atoms in total. The van der Waals surface area contributed by atoms with E-state index in [9.17, 15) is 26.4 Å². The molecule has 1 aromatic carbocycles. The number of carbonyl (C=O) groups is 1. The van der Waals surface area contributed by atoms with Crippen LogP contribution in [0.1, 0.15) is 15.9 Å². The van der Waals surface area contributed by atoms with E-state index in [-0.39, 0.29) is 11.9 Å². The molecule has 0 heterocycles. The lowest BCUT2D eigenvalue weighted by Crippen LogP contribution is -2.39. The Morgan fingerprint density at radius 1 is 1.38 bits per heavy atom. The maximum absolute atomic E-state index is 12.8. The molecule has 1 aromatic rings. The quantitative estimate of drug-likeness (QED) is 0.466. The fourth-order valence-electron chi connectivity index (χ4n) is 1.90. The Balaban J connectivity index is 3.08. The van der Waals surface area contributed by atoms with Crippen molar-refractivity contribution in [1.82, 2.24) is 0 Å². The molecule has 0 fully saturated rings. The number of nitrogens with zero attached hydrogens (tertiary/aromatic N) is 1. The lowest BCUT2D eigenvalue weighted by atomic mass is 9.93. The number of esters is 1. The number of ether oxygens (including phenoxy) is 1. The van der Waals surface area contributed by atoms with E-state index in [1.807, 2.05) is 0 Å². The van der Waals surface area contributed by atoms with Crippen molar-refractivity contribution in [3.8, 4) is 0 Å². The normalized spacial score (nSPS) is 13.4. The van der Waals surface area contributed by atoms with Crippen LogP contribution in [0.4, 0.5) is 18.9 Å². The Morgan fingerprint density at radius 2 is 1.96 bits per heavy atom. The zero-order valence-electron chi connectivity index (χ0n) is 12.9. The lowest BCUT2D eigenvalue weighted by Gasteiger charge is -2.21. The van der Waals surface area contributed by atoms with Crippen molar-refractivity contribution >= 4 is 29.6 Å². The molecule has 132 valence electrons. The van der Waals surface area contributed by atoms with Crippen molar-refractivity contribution < 1.29 is 35.7 Å². The number of carbonyl (C=O) groups excluding carboxylic acids is 1. The molecule has 0 amide bonds. The molecule has 1 atom stereocenters. The Morgan fingerprint density at radius 3 is 2.38 bits per heavy atom. The van der Waals surface area contributed by atoms with E-state index >= 15 is 0 Å². The second kappa shape index (κ2) is 7.43. The molecule has 0 saturated heterocycles. The molecule has 1 N–H and O–H groups in total. The molecule has 0 aliphatic rings. The van der Waals surface area contributed by atoms with Gasteiger partial charge in [-0.05, 0) is 23.8 Å². The smallest absolute Gasteiger partial charge is 0.426 e. The van der Waals surface area contributed by atoms with Gasteiger partial charge >= 0.3 is 12.1 Å². The number of rotatable bonds is 6. The number of hydrogen-bond acceptors (Lipinski definition) is 5. The van der Waals surface area contributed by atoms with Crippen LogP contribution in [0.2, 0.25) is 0 Å². The molecule has 0 aliphatic carbocycles. The van der Waals surface area contributed by atoms with Gasteiger partial charge in [-0.15, -0.1) is 0 Å². The van der Waals surface area contributed by atoms with E-state index in [4.69, 9.17) is 12.4 Å². The predicted octanol–water partition coefficient (Wildman–Crippen LogP) is 1.40. The maximum atomic E-state index is 12.8. The van der Waals surface area contributed by atoms with Crippen LogP contribution in [0.3, 0.4) is 0 Å². The third-order valence-electron chi connectivity index (χ3n) is 2.99. The van der Waals surface area contributed by atoms with Gasteiger partial charge in [0, 0.05) is 19.8 Å². The van der Waals surface area contributed by atoms with Crippen LogP contribution in [0, 0.1) is 0 Å². The number of anilines is 1. The second-order valence-corrected chi connectivity index (χ2v) is 6.62. The highest BCUT2D eigenvalue weighted by molar-refractivity contribution is 7.85. The van der Waals surface area contributed by atoms with Gasteiger partial charge in [0.15, 0.2) is 0 Å². The molecular formula is C13H15BF3NO5S. The van der Waals surface area contributed by atoms with Crippen molar-refractivity contribution in [3.05, 3.63) is 29.3 Å². The van der Waals surface area contributed by atoms with Crippen LogP contribution in [0.5, 0.6) is 0 Å². The fourth-order valence-corrected chi connectivity index (χ4v) is 2.54. The number of hydrogen-bond donors (Lipinski definition) is 1. The highest BCUT2D eigenvalue weighted by Crippen LogP contribution is 2.26. The summed E-state index contributed by atoms with van der Waals surface area (Å²) in [6.45, 7) is 0. The zero-order valence-corrected chi connectivity index (χ0v) is 13.7. The van der Waals surface area contributed by atoms with E-state index in [1.54, 1.807) is 19.0 Å². The summed E-state index contributed by atoms with van der Waals surface area (Å²) in [6, 6.07) is 3.97. The van der Waals surface area contributed by atoms with E-state index < -0.39 is 34.1 Å². The van der Waals surface area contributed by atoms with Gasteiger partial charge in [-0.25, -0.2) is 4.79 Å². The molecule has 0 bridgehead atoms. The molecule has 2 radical (unpaired) electrons. The Labute approximate surface area is 138 Å². The highest BCUT2D eigenvalue weighted by atomic mass is 32.2. The SMILES string of the molecule is [B]Cc1cc(C(=O)OC(CS(=O)(=O)O)C(F)(F)F)ccc1N(C)C. The van der Waals surface area contributed by atoms with E-state index in [2.05, 4.69) is 4.74 Å². The molecule has 1 unspecified atom stereocenters. The van der Waals surface area contributed by atoms with Crippen molar-refractivity contribution in [2.24, 2.45) is 0 Å². The molecule has 0 aliphatic heterocycles. The fraction of sp³-hybridized carbons (Fsp3) is 0.462. The topological polar surface area (TPSA) is 83.9 Å². The first-order valence-electron chi connectivity index (χ1n) is 6.58. The van der Waals surface area contributed by atoms with Gasteiger partial charge in [-0.3, -0.25) is 4.55 Å². The molecule has 0 spiro atoms. The molecule has 1 rings (SSSR count). The van der Waals surface area contributed by atoms with Crippen LogP contribution in [-0.4, -0.2) is 58.9 Å². The molecule has 24 heavy (non-hydrogen) atoms. The maximum Gasteiger partial charge on any atom is 0.426 e.